The number of H-pyrrole nitrogens is 1. The second-order valence-electron chi connectivity index (χ2n) is 7.36. The molecular formula is C23H20N2O3. The van der Waals surface area contributed by atoms with Crippen molar-refractivity contribution in [1.82, 2.24) is 9.88 Å². The van der Waals surface area contributed by atoms with Gasteiger partial charge >= 0.3 is 5.63 Å². The Labute approximate surface area is 161 Å². The smallest absolute Gasteiger partial charge is 0.349 e. The Morgan fingerprint density at radius 2 is 1.68 bits per heavy atom. The summed E-state index contributed by atoms with van der Waals surface area (Å²) >= 11 is 0. The van der Waals surface area contributed by atoms with Gasteiger partial charge in [-0.15, -0.1) is 0 Å². The SMILES string of the molecule is O=C(c1cc2ccccc2oc1=O)N1CCC(c2cc3ccccc3[nH]2)CC1. The van der Waals surface area contributed by atoms with Crippen LogP contribution in [0, 0.1) is 0 Å². The normalized spacial score (nSPS) is 15.4. The molecule has 1 amide bonds. The maximum absolute atomic E-state index is 12.9. The van der Waals surface area contributed by atoms with Crippen LogP contribution in [0.3, 0.4) is 0 Å². The van der Waals surface area contributed by atoms with E-state index in [1.165, 1.54) is 11.1 Å². The number of benzene rings is 2. The Morgan fingerprint density at radius 1 is 0.964 bits per heavy atom. The molecule has 0 atom stereocenters. The molecule has 140 valence electrons. The number of aromatic amines is 1. The monoisotopic (exact) mass is 372 g/mol. The zero-order valence-corrected chi connectivity index (χ0v) is 15.4. The van der Waals surface area contributed by atoms with Crippen LogP contribution in [0.1, 0.15) is 34.8 Å². The summed E-state index contributed by atoms with van der Waals surface area (Å²) in [5.41, 5.74) is 2.41. The summed E-state index contributed by atoms with van der Waals surface area (Å²) in [6, 6.07) is 19.3. The van der Waals surface area contributed by atoms with Crippen LogP contribution in [0.5, 0.6) is 0 Å². The van der Waals surface area contributed by atoms with Crippen molar-refractivity contribution in [1.29, 1.82) is 0 Å². The fraction of sp³-hybridized carbons (Fsp3) is 0.217. The van der Waals surface area contributed by atoms with Crippen molar-refractivity contribution in [3.63, 3.8) is 0 Å². The van der Waals surface area contributed by atoms with Crippen molar-refractivity contribution in [2.45, 2.75) is 18.8 Å². The van der Waals surface area contributed by atoms with E-state index in [0.717, 1.165) is 23.7 Å². The van der Waals surface area contributed by atoms with Crippen LogP contribution in [-0.4, -0.2) is 28.9 Å². The van der Waals surface area contributed by atoms with E-state index in [4.69, 9.17) is 4.42 Å². The molecule has 28 heavy (non-hydrogen) atoms. The molecule has 0 radical (unpaired) electrons. The summed E-state index contributed by atoms with van der Waals surface area (Å²) in [7, 11) is 0. The first-order valence-electron chi connectivity index (χ1n) is 9.59. The third-order valence-electron chi connectivity index (χ3n) is 5.64. The Bertz CT molecular complexity index is 1200. The average Bonchev–Trinajstić information content (AvgIpc) is 3.17. The lowest BCUT2D eigenvalue weighted by Crippen LogP contribution is -2.39. The number of para-hydroxylation sites is 2. The number of likely N-dealkylation sites (tertiary alicyclic amines) is 1. The Morgan fingerprint density at radius 3 is 2.46 bits per heavy atom. The van der Waals surface area contributed by atoms with Gasteiger partial charge in [-0.3, -0.25) is 4.79 Å². The highest BCUT2D eigenvalue weighted by Crippen LogP contribution is 2.30. The minimum Gasteiger partial charge on any atom is -0.422 e. The van der Waals surface area contributed by atoms with E-state index >= 15 is 0 Å². The van der Waals surface area contributed by atoms with Crippen molar-refractivity contribution in [3.05, 3.63) is 82.3 Å². The fourth-order valence-electron chi connectivity index (χ4n) is 4.09. The lowest BCUT2D eigenvalue weighted by atomic mass is 9.93. The van der Waals surface area contributed by atoms with Gasteiger partial charge in [0, 0.05) is 35.6 Å². The molecule has 1 saturated heterocycles. The highest BCUT2D eigenvalue weighted by atomic mass is 16.4. The van der Waals surface area contributed by atoms with Gasteiger partial charge in [0.1, 0.15) is 11.1 Å². The number of amides is 1. The number of nitrogens with zero attached hydrogens (tertiary/aromatic N) is 1. The minimum absolute atomic E-state index is 0.114. The zero-order chi connectivity index (χ0) is 19.1. The molecule has 0 spiro atoms. The number of carbonyl (C=O) groups is 1. The van der Waals surface area contributed by atoms with Crippen molar-refractivity contribution < 1.29 is 9.21 Å². The molecule has 0 saturated carbocycles. The van der Waals surface area contributed by atoms with Gasteiger partial charge in [0.15, 0.2) is 0 Å². The van der Waals surface area contributed by atoms with Crippen molar-refractivity contribution in [3.8, 4) is 0 Å². The van der Waals surface area contributed by atoms with Crippen molar-refractivity contribution in [2.75, 3.05) is 13.1 Å². The van der Waals surface area contributed by atoms with Gasteiger partial charge in [-0.1, -0.05) is 36.4 Å². The molecule has 2 aromatic heterocycles. The number of piperidine rings is 1. The zero-order valence-electron chi connectivity index (χ0n) is 15.4. The number of nitrogens with one attached hydrogen (secondary N) is 1. The van der Waals surface area contributed by atoms with Crippen LogP contribution in [0.25, 0.3) is 21.9 Å². The molecule has 3 heterocycles. The maximum Gasteiger partial charge on any atom is 0.349 e. The number of aromatic nitrogens is 1. The highest BCUT2D eigenvalue weighted by Gasteiger charge is 2.27. The summed E-state index contributed by atoms with van der Waals surface area (Å²) in [6.45, 7) is 1.26. The molecule has 0 unspecified atom stereocenters. The second kappa shape index (κ2) is 6.68. The maximum atomic E-state index is 12.9. The van der Waals surface area contributed by atoms with E-state index < -0.39 is 5.63 Å². The van der Waals surface area contributed by atoms with Crippen molar-refractivity contribution >= 4 is 27.8 Å². The molecule has 2 aromatic carbocycles. The number of rotatable bonds is 2. The van der Waals surface area contributed by atoms with Gasteiger partial charge in [0.25, 0.3) is 5.91 Å². The fourth-order valence-corrected chi connectivity index (χ4v) is 4.09. The van der Waals surface area contributed by atoms with E-state index in [0.29, 0.717) is 24.6 Å². The third kappa shape index (κ3) is 2.89. The second-order valence-corrected chi connectivity index (χ2v) is 7.36. The van der Waals surface area contributed by atoms with E-state index in [2.05, 4.69) is 23.2 Å². The molecule has 1 N–H and O–H groups in total. The minimum atomic E-state index is -0.568. The third-order valence-corrected chi connectivity index (χ3v) is 5.64. The summed E-state index contributed by atoms with van der Waals surface area (Å²) in [4.78, 5) is 30.5. The molecule has 1 fully saturated rings. The van der Waals surface area contributed by atoms with Crippen LogP contribution in [-0.2, 0) is 0 Å². The van der Waals surface area contributed by atoms with Crippen molar-refractivity contribution in [2.24, 2.45) is 0 Å². The Kier molecular flexibility index (Phi) is 4.01. The standard InChI is InChI=1S/C23H20N2O3/c26-22(18-13-17-6-2-4-8-21(17)28-23(18)27)25-11-9-15(10-12-25)20-14-16-5-1-3-7-19(16)24-20/h1-8,13-15,24H,9-12H2. The molecule has 5 nitrogen and oxygen atoms in total. The molecule has 1 aliphatic rings. The Balaban J connectivity index is 1.34. The lowest BCUT2D eigenvalue weighted by Gasteiger charge is -2.31. The molecule has 4 aromatic rings. The molecule has 5 rings (SSSR count). The van der Waals surface area contributed by atoms with Crippen LogP contribution in [0.2, 0.25) is 0 Å². The predicted molar refractivity (Wildman–Crippen MR) is 109 cm³/mol. The quantitative estimate of drug-likeness (QED) is 0.534. The topological polar surface area (TPSA) is 66.3 Å². The molecule has 0 bridgehead atoms. The molecular weight excluding hydrogens is 352 g/mol. The first-order chi connectivity index (χ1) is 13.7. The van der Waals surface area contributed by atoms with Crippen LogP contribution < -0.4 is 5.63 Å². The van der Waals surface area contributed by atoms with Crippen LogP contribution in [0.15, 0.2) is 69.9 Å². The number of carbonyl (C=O) groups excluding carboxylic acids is 1. The first-order valence-corrected chi connectivity index (χ1v) is 9.59. The van der Waals surface area contributed by atoms with Gasteiger partial charge in [-0.05, 0) is 42.5 Å². The molecule has 5 heteroatoms. The first kappa shape index (κ1) is 16.8. The molecule has 0 aliphatic carbocycles. The van der Waals surface area contributed by atoms with Crippen LogP contribution >= 0.6 is 0 Å². The van der Waals surface area contributed by atoms with E-state index in [-0.39, 0.29) is 11.5 Å². The predicted octanol–water partition coefficient (Wildman–Crippen LogP) is 4.29. The van der Waals surface area contributed by atoms with Gasteiger partial charge in [-0.25, -0.2) is 4.79 Å². The van der Waals surface area contributed by atoms with Gasteiger partial charge in [0.2, 0.25) is 0 Å². The van der Waals surface area contributed by atoms with Crippen LogP contribution in [0.4, 0.5) is 0 Å². The number of hydrogen-bond donors (Lipinski definition) is 1. The van der Waals surface area contributed by atoms with E-state index in [1.54, 1.807) is 17.0 Å². The average molecular weight is 372 g/mol. The van der Waals surface area contributed by atoms with E-state index in [1.807, 2.05) is 30.3 Å². The summed E-state index contributed by atoms with van der Waals surface area (Å²) in [5, 5.41) is 1.98. The number of hydrogen-bond acceptors (Lipinski definition) is 3. The molecule has 1 aliphatic heterocycles. The summed E-state index contributed by atoms with van der Waals surface area (Å²) < 4.78 is 5.32. The largest absolute Gasteiger partial charge is 0.422 e. The number of fused-ring (bicyclic) bond motifs is 2. The summed E-state index contributed by atoms with van der Waals surface area (Å²) in [5.74, 6) is 0.152. The summed E-state index contributed by atoms with van der Waals surface area (Å²) in [6.07, 6.45) is 1.74. The Hall–Kier alpha value is -3.34. The van der Waals surface area contributed by atoms with Gasteiger partial charge < -0.3 is 14.3 Å². The van der Waals surface area contributed by atoms with E-state index in [9.17, 15) is 9.59 Å². The lowest BCUT2D eigenvalue weighted by molar-refractivity contribution is 0.0708. The van der Waals surface area contributed by atoms with Gasteiger partial charge in [0.05, 0.1) is 0 Å². The highest BCUT2D eigenvalue weighted by molar-refractivity contribution is 5.96. The van der Waals surface area contributed by atoms with Gasteiger partial charge in [-0.2, -0.15) is 0 Å².